The zero-order valence-electron chi connectivity index (χ0n) is 11.8. The van der Waals surface area contributed by atoms with Gasteiger partial charge in [-0.1, -0.05) is 25.2 Å². The number of aromatic nitrogens is 3. The van der Waals surface area contributed by atoms with Crippen LogP contribution in [0.4, 0.5) is 5.69 Å². The maximum absolute atomic E-state index is 5.99. The Labute approximate surface area is 133 Å². The lowest BCUT2D eigenvalue weighted by molar-refractivity contribution is 0.559. The van der Waals surface area contributed by atoms with E-state index in [1.54, 1.807) is 18.1 Å². The minimum Gasteiger partial charge on any atom is -0.389 e. The van der Waals surface area contributed by atoms with Crippen molar-refractivity contribution < 1.29 is 0 Å². The van der Waals surface area contributed by atoms with Crippen molar-refractivity contribution in [2.24, 2.45) is 5.73 Å². The standard InChI is InChI=1S/C14H17N5S2/c1-2-21-11-5-3-4-10(13(11)14(15)20)18-6-7-19-9-16-17-12(19)8-18/h3-5,9H,2,6-8H2,1H3,(H2,15,20). The lowest BCUT2D eigenvalue weighted by atomic mass is 10.1. The van der Waals surface area contributed by atoms with Crippen molar-refractivity contribution in [3.8, 4) is 0 Å². The average Bonchev–Trinajstić information content (AvgIpc) is 2.94. The molecule has 2 heterocycles. The van der Waals surface area contributed by atoms with Crippen LogP contribution in [0.5, 0.6) is 0 Å². The Hall–Kier alpha value is -1.60. The zero-order valence-corrected chi connectivity index (χ0v) is 13.5. The number of rotatable bonds is 4. The van der Waals surface area contributed by atoms with Crippen LogP contribution in [0.3, 0.4) is 0 Å². The molecule has 0 amide bonds. The maximum Gasteiger partial charge on any atom is 0.152 e. The number of thiocarbonyl (C=S) groups is 1. The molecule has 2 N–H and O–H groups in total. The van der Waals surface area contributed by atoms with Crippen molar-refractivity contribution in [2.75, 3.05) is 17.2 Å². The molecular weight excluding hydrogens is 302 g/mol. The number of nitrogens with two attached hydrogens (primary N) is 1. The summed E-state index contributed by atoms with van der Waals surface area (Å²) in [6, 6.07) is 6.23. The Kier molecular flexibility index (Phi) is 4.12. The maximum atomic E-state index is 5.99. The van der Waals surface area contributed by atoms with Crippen molar-refractivity contribution in [1.29, 1.82) is 0 Å². The van der Waals surface area contributed by atoms with Crippen LogP contribution in [0.1, 0.15) is 18.3 Å². The first-order chi connectivity index (χ1) is 10.2. The number of hydrogen-bond donors (Lipinski definition) is 1. The van der Waals surface area contributed by atoms with E-state index < -0.39 is 0 Å². The Balaban J connectivity index is 1.99. The number of fused-ring (bicyclic) bond motifs is 1. The monoisotopic (exact) mass is 319 g/mol. The second-order valence-corrected chi connectivity index (χ2v) is 6.56. The van der Waals surface area contributed by atoms with Crippen LogP contribution in [0.25, 0.3) is 0 Å². The number of thioether (sulfide) groups is 1. The summed E-state index contributed by atoms with van der Waals surface area (Å²) in [5.74, 6) is 1.97. The topological polar surface area (TPSA) is 60.0 Å². The fraction of sp³-hybridized carbons (Fsp3) is 0.357. The third kappa shape index (κ3) is 2.75. The molecule has 5 nitrogen and oxygen atoms in total. The second kappa shape index (κ2) is 6.03. The molecule has 110 valence electrons. The van der Waals surface area contributed by atoms with Gasteiger partial charge in [-0.15, -0.1) is 22.0 Å². The van der Waals surface area contributed by atoms with E-state index in [9.17, 15) is 0 Å². The highest BCUT2D eigenvalue weighted by Crippen LogP contribution is 2.32. The number of anilines is 1. The summed E-state index contributed by atoms with van der Waals surface area (Å²) in [4.78, 5) is 3.88. The van der Waals surface area contributed by atoms with Crippen molar-refractivity contribution >= 4 is 34.7 Å². The van der Waals surface area contributed by atoms with Crippen LogP contribution in [0, 0.1) is 0 Å². The van der Waals surface area contributed by atoms with Gasteiger partial charge in [0.15, 0.2) is 5.82 Å². The van der Waals surface area contributed by atoms with Crippen LogP contribution in [0.15, 0.2) is 29.4 Å². The first-order valence-corrected chi connectivity index (χ1v) is 8.27. The van der Waals surface area contributed by atoms with E-state index >= 15 is 0 Å². The number of hydrogen-bond acceptors (Lipinski definition) is 5. The van der Waals surface area contributed by atoms with Crippen molar-refractivity contribution in [2.45, 2.75) is 24.9 Å². The molecule has 0 radical (unpaired) electrons. The van der Waals surface area contributed by atoms with Crippen molar-refractivity contribution in [3.63, 3.8) is 0 Å². The third-order valence-corrected chi connectivity index (χ3v) is 4.67. The van der Waals surface area contributed by atoms with E-state index in [1.165, 1.54) is 0 Å². The van der Waals surface area contributed by atoms with E-state index in [-0.39, 0.29) is 0 Å². The summed E-state index contributed by atoms with van der Waals surface area (Å²) in [6.07, 6.45) is 1.78. The van der Waals surface area contributed by atoms with Crippen LogP contribution < -0.4 is 10.6 Å². The van der Waals surface area contributed by atoms with Gasteiger partial charge in [-0.2, -0.15) is 0 Å². The molecule has 21 heavy (non-hydrogen) atoms. The van der Waals surface area contributed by atoms with Gasteiger partial charge in [-0.25, -0.2) is 0 Å². The van der Waals surface area contributed by atoms with Gasteiger partial charge in [-0.3, -0.25) is 0 Å². The van der Waals surface area contributed by atoms with Crippen molar-refractivity contribution in [3.05, 3.63) is 35.9 Å². The molecule has 0 aliphatic carbocycles. The van der Waals surface area contributed by atoms with Gasteiger partial charge >= 0.3 is 0 Å². The highest BCUT2D eigenvalue weighted by molar-refractivity contribution is 7.99. The first kappa shape index (κ1) is 14.3. The molecular formula is C14H17N5S2. The summed E-state index contributed by atoms with van der Waals surface area (Å²) in [5.41, 5.74) is 8.06. The first-order valence-electron chi connectivity index (χ1n) is 6.88. The van der Waals surface area contributed by atoms with E-state index in [0.717, 1.165) is 47.4 Å². The SMILES string of the molecule is CCSc1cccc(N2CCn3cnnc3C2)c1C(N)=S. The predicted molar refractivity (Wildman–Crippen MR) is 89.8 cm³/mol. The van der Waals surface area contributed by atoms with Gasteiger partial charge in [0.1, 0.15) is 11.3 Å². The van der Waals surface area contributed by atoms with E-state index in [1.807, 2.05) is 0 Å². The molecule has 0 saturated carbocycles. The molecule has 0 atom stereocenters. The van der Waals surface area contributed by atoms with Crippen LogP contribution in [-0.2, 0) is 13.1 Å². The van der Waals surface area contributed by atoms with E-state index in [0.29, 0.717) is 4.99 Å². The second-order valence-electron chi connectivity index (χ2n) is 4.81. The lowest BCUT2D eigenvalue weighted by Gasteiger charge is -2.31. The van der Waals surface area contributed by atoms with Gasteiger partial charge in [0.25, 0.3) is 0 Å². The van der Waals surface area contributed by atoms with Gasteiger partial charge in [0.05, 0.1) is 6.54 Å². The smallest absolute Gasteiger partial charge is 0.152 e. The van der Waals surface area contributed by atoms with Crippen LogP contribution in [-0.4, -0.2) is 32.1 Å². The van der Waals surface area contributed by atoms with E-state index in [2.05, 4.69) is 44.8 Å². The summed E-state index contributed by atoms with van der Waals surface area (Å²) in [7, 11) is 0. The minimum atomic E-state index is 0.452. The van der Waals surface area contributed by atoms with Crippen molar-refractivity contribution in [1.82, 2.24) is 14.8 Å². The molecule has 0 saturated heterocycles. The van der Waals surface area contributed by atoms with Crippen LogP contribution >= 0.6 is 24.0 Å². The summed E-state index contributed by atoms with van der Waals surface area (Å²) in [5, 5.41) is 8.14. The van der Waals surface area contributed by atoms with Gasteiger partial charge in [0, 0.05) is 29.2 Å². The van der Waals surface area contributed by atoms with Gasteiger partial charge < -0.3 is 15.2 Å². The molecule has 1 aliphatic rings. The molecule has 0 unspecified atom stereocenters. The minimum absolute atomic E-state index is 0.452. The molecule has 1 aromatic heterocycles. The third-order valence-electron chi connectivity index (χ3n) is 3.53. The lowest BCUT2D eigenvalue weighted by Crippen LogP contribution is -2.35. The van der Waals surface area contributed by atoms with Gasteiger partial charge in [-0.05, 0) is 17.9 Å². The number of nitrogens with zero attached hydrogens (tertiary/aromatic N) is 4. The normalized spacial score (nSPS) is 14.0. The Morgan fingerprint density at radius 2 is 2.29 bits per heavy atom. The Morgan fingerprint density at radius 1 is 1.43 bits per heavy atom. The molecule has 0 fully saturated rings. The molecule has 0 spiro atoms. The highest BCUT2D eigenvalue weighted by Gasteiger charge is 2.22. The van der Waals surface area contributed by atoms with Gasteiger partial charge in [0.2, 0.25) is 0 Å². The summed E-state index contributed by atoms with van der Waals surface area (Å²) < 4.78 is 2.08. The fourth-order valence-corrected chi connectivity index (χ4v) is 3.70. The zero-order chi connectivity index (χ0) is 14.8. The average molecular weight is 319 g/mol. The molecule has 3 rings (SSSR count). The summed E-state index contributed by atoms with van der Waals surface area (Å²) >= 11 is 7.05. The largest absolute Gasteiger partial charge is 0.389 e. The Morgan fingerprint density at radius 3 is 3.05 bits per heavy atom. The molecule has 1 aromatic carbocycles. The van der Waals surface area contributed by atoms with Crippen LogP contribution in [0.2, 0.25) is 0 Å². The predicted octanol–water partition coefficient (Wildman–Crippen LogP) is 2.04. The fourth-order valence-electron chi connectivity index (χ4n) is 2.58. The molecule has 0 bridgehead atoms. The highest BCUT2D eigenvalue weighted by atomic mass is 32.2. The Bertz CT molecular complexity index is 667. The molecule has 2 aromatic rings. The summed E-state index contributed by atoms with van der Waals surface area (Å²) in [6.45, 7) is 4.64. The number of benzene rings is 1. The van der Waals surface area contributed by atoms with E-state index in [4.69, 9.17) is 18.0 Å². The molecule has 7 heteroatoms. The quantitative estimate of drug-likeness (QED) is 0.687. The molecule has 1 aliphatic heterocycles.